The number of guanidine groups is 1. The molecule has 1 heterocycles. The second kappa shape index (κ2) is 24.0. The van der Waals surface area contributed by atoms with Crippen LogP contribution < -0.4 is 37.7 Å². The van der Waals surface area contributed by atoms with Crippen molar-refractivity contribution in [2.24, 2.45) is 15.9 Å². The van der Waals surface area contributed by atoms with Gasteiger partial charge in [0.15, 0.2) is 12.6 Å². The molecule has 0 radical (unpaired) electrons. The molecule has 0 fully saturated rings. The minimum absolute atomic E-state index is 0.139. The van der Waals surface area contributed by atoms with Crippen LogP contribution in [0, 0.1) is 0 Å². The van der Waals surface area contributed by atoms with Crippen LogP contribution in [-0.2, 0) is 18.9 Å². The molecule has 1 aliphatic rings. The van der Waals surface area contributed by atoms with Gasteiger partial charge in [-0.1, -0.05) is 41.5 Å². The molecular formula is C35H48N12O6. The van der Waals surface area contributed by atoms with Crippen LogP contribution in [0.5, 0.6) is 0 Å². The van der Waals surface area contributed by atoms with Crippen LogP contribution in [0.4, 0.5) is 11.4 Å². The van der Waals surface area contributed by atoms with Gasteiger partial charge in [-0.15, -0.1) is 0 Å². The molecule has 2 atom stereocenters. The van der Waals surface area contributed by atoms with Gasteiger partial charge < -0.3 is 45.5 Å². The van der Waals surface area contributed by atoms with Crippen molar-refractivity contribution in [3.8, 4) is 0 Å². The van der Waals surface area contributed by atoms with E-state index in [4.69, 9.17) is 35.3 Å². The van der Waals surface area contributed by atoms with Crippen molar-refractivity contribution in [2.45, 2.75) is 12.6 Å². The van der Waals surface area contributed by atoms with Gasteiger partial charge in [0, 0.05) is 53.6 Å². The summed E-state index contributed by atoms with van der Waals surface area (Å²) in [5, 5.41) is 23.9. The number of anilines is 2. The number of para-hydroxylation sites is 1. The molecule has 8 N–H and O–H groups in total. The number of rotatable bonds is 24. The molecule has 284 valence electrons. The van der Waals surface area contributed by atoms with Crippen molar-refractivity contribution in [1.82, 2.24) is 26.3 Å². The van der Waals surface area contributed by atoms with E-state index in [2.05, 4.69) is 41.9 Å². The summed E-state index contributed by atoms with van der Waals surface area (Å²) in [5.41, 5.74) is 10.9. The zero-order valence-electron chi connectivity index (χ0n) is 29.5. The SMILES string of the molecule is [N-]=[N+]=NCCOCCOCCNC(=O)c1ccc(NC2=NC(N(N)CCOCCOCCNC(=O)c3ccccc3)NC(Nc3ccccc3)N2)cc1. The van der Waals surface area contributed by atoms with Gasteiger partial charge in [-0.2, -0.15) is 0 Å². The number of azide groups is 1. The lowest BCUT2D eigenvalue weighted by atomic mass is 10.2. The van der Waals surface area contributed by atoms with Crippen molar-refractivity contribution in [3.05, 3.63) is 106 Å². The quantitative estimate of drug-likeness (QED) is 0.0175. The summed E-state index contributed by atoms with van der Waals surface area (Å²) in [7, 11) is 0. The van der Waals surface area contributed by atoms with Crippen molar-refractivity contribution in [1.29, 1.82) is 0 Å². The Balaban J connectivity index is 1.18. The van der Waals surface area contributed by atoms with Crippen LogP contribution in [0.3, 0.4) is 0 Å². The van der Waals surface area contributed by atoms with Gasteiger partial charge in [0.05, 0.1) is 52.9 Å². The van der Waals surface area contributed by atoms with Gasteiger partial charge in [-0.25, -0.2) is 15.3 Å². The van der Waals surface area contributed by atoms with E-state index in [0.29, 0.717) is 95.3 Å². The Hall–Kier alpha value is -5.30. The fourth-order valence-corrected chi connectivity index (χ4v) is 4.74. The Bertz CT molecular complexity index is 1580. The van der Waals surface area contributed by atoms with Gasteiger partial charge >= 0.3 is 0 Å². The number of benzene rings is 3. The monoisotopic (exact) mass is 732 g/mol. The molecule has 0 aromatic heterocycles. The van der Waals surface area contributed by atoms with Crippen LogP contribution in [-0.4, -0.2) is 114 Å². The predicted octanol–water partition coefficient (Wildman–Crippen LogP) is 2.04. The average Bonchev–Trinajstić information content (AvgIpc) is 3.18. The van der Waals surface area contributed by atoms with Gasteiger partial charge in [-0.05, 0) is 54.1 Å². The molecule has 53 heavy (non-hydrogen) atoms. The van der Waals surface area contributed by atoms with Crippen molar-refractivity contribution >= 4 is 29.1 Å². The van der Waals surface area contributed by atoms with E-state index in [9.17, 15) is 9.59 Å². The highest BCUT2D eigenvalue weighted by atomic mass is 16.5. The van der Waals surface area contributed by atoms with E-state index >= 15 is 0 Å². The third kappa shape index (κ3) is 15.9. The molecule has 18 nitrogen and oxygen atoms in total. The normalized spacial score (nSPS) is 15.1. The number of carbonyl (C=O) groups excluding carboxylic acids is 2. The molecule has 0 aliphatic carbocycles. The second-order valence-corrected chi connectivity index (χ2v) is 11.3. The van der Waals surface area contributed by atoms with Crippen LogP contribution in [0.1, 0.15) is 20.7 Å². The minimum Gasteiger partial charge on any atom is -0.379 e. The summed E-state index contributed by atoms with van der Waals surface area (Å²) in [6.07, 6.45) is -1.04. The number of amides is 2. The highest BCUT2D eigenvalue weighted by Crippen LogP contribution is 2.12. The van der Waals surface area contributed by atoms with E-state index in [1.54, 1.807) is 41.4 Å². The van der Waals surface area contributed by atoms with E-state index < -0.39 is 12.6 Å². The Morgan fingerprint density at radius 3 is 1.94 bits per heavy atom. The second-order valence-electron chi connectivity index (χ2n) is 11.3. The standard InChI is InChI=1S/C35H48N12O6/c36-46-40-17-21-52-24-23-50-20-16-39-32(49)28-11-13-30(14-12-28)42-34-43-33(41-29-9-5-2-6-10-29)44-35(45-34)47(37)18-22-53-26-25-51-19-15-38-31(48)27-7-3-1-4-8-27/h1-14,33,35,41,44H,15-26,37H2,(H,38,48)(H,39,49)(H2,42,43,45). The number of hydrogen-bond acceptors (Lipinski definition) is 14. The number of hydrazine groups is 1. The number of ether oxygens (including phenoxy) is 4. The number of nitrogens with two attached hydrogens (primary N) is 1. The Kier molecular flexibility index (Phi) is 18.4. The smallest absolute Gasteiger partial charge is 0.251 e. The summed E-state index contributed by atoms with van der Waals surface area (Å²) in [6, 6.07) is 25.7. The molecule has 4 rings (SSSR count). The molecule has 3 aromatic rings. The summed E-state index contributed by atoms with van der Waals surface area (Å²) in [4.78, 5) is 32.1. The fourth-order valence-electron chi connectivity index (χ4n) is 4.74. The van der Waals surface area contributed by atoms with Crippen LogP contribution >= 0.6 is 0 Å². The number of nitrogens with one attached hydrogen (secondary N) is 6. The number of nitrogens with zero attached hydrogens (tertiary/aromatic N) is 5. The molecule has 0 bridgehead atoms. The molecule has 18 heteroatoms. The first-order chi connectivity index (χ1) is 26.0. The Morgan fingerprint density at radius 1 is 0.755 bits per heavy atom. The molecule has 2 amide bonds. The zero-order chi connectivity index (χ0) is 37.4. The zero-order valence-corrected chi connectivity index (χ0v) is 29.5. The third-order valence-electron chi connectivity index (χ3n) is 7.39. The highest BCUT2D eigenvalue weighted by Gasteiger charge is 2.25. The van der Waals surface area contributed by atoms with Gasteiger partial charge in [0.1, 0.15) is 0 Å². The Labute approximate surface area is 308 Å². The molecule has 2 unspecified atom stereocenters. The number of hydrogen-bond donors (Lipinski definition) is 7. The van der Waals surface area contributed by atoms with E-state index in [1.165, 1.54) is 0 Å². The maximum atomic E-state index is 12.6. The summed E-state index contributed by atoms with van der Waals surface area (Å²) in [5.74, 6) is 6.52. The summed E-state index contributed by atoms with van der Waals surface area (Å²) >= 11 is 0. The molecule has 0 saturated carbocycles. The van der Waals surface area contributed by atoms with Crippen LogP contribution in [0.15, 0.2) is 95.0 Å². The lowest BCUT2D eigenvalue weighted by Crippen LogP contribution is -2.65. The van der Waals surface area contributed by atoms with Crippen molar-refractivity contribution in [2.75, 3.05) is 89.7 Å². The first kappa shape index (κ1) is 40.5. The van der Waals surface area contributed by atoms with Crippen LogP contribution in [0.25, 0.3) is 10.4 Å². The van der Waals surface area contributed by atoms with E-state index in [0.717, 1.165) is 5.69 Å². The summed E-state index contributed by atoms with van der Waals surface area (Å²) in [6.45, 7) is 4.26. The third-order valence-corrected chi connectivity index (χ3v) is 7.39. The lowest BCUT2D eigenvalue weighted by Gasteiger charge is -2.36. The van der Waals surface area contributed by atoms with Crippen molar-refractivity contribution in [3.63, 3.8) is 0 Å². The largest absolute Gasteiger partial charge is 0.379 e. The molecule has 1 aliphatic heterocycles. The van der Waals surface area contributed by atoms with E-state index in [1.807, 2.05) is 48.5 Å². The lowest BCUT2D eigenvalue weighted by molar-refractivity contribution is 0.0302. The van der Waals surface area contributed by atoms with Crippen molar-refractivity contribution < 1.29 is 28.5 Å². The average molecular weight is 733 g/mol. The van der Waals surface area contributed by atoms with Gasteiger partial charge in [0.25, 0.3) is 11.8 Å². The first-order valence-corrected chi connectivity index (χ1v) is 17.3. The molecule has 0 saturated heterocycles. The van der Waals surface area contributed by atoms with Gasteiger partial charge in [0.2, 0.25) is 5.96 Å². The molecule has 0 spiro atoms. The maximum Gasteiger partial charge on any atom is 0.251 e. The highest BCUT2D eigenvalue weighted by molar-refractivity contribution is 5.97. The maximum absolute atomic E-state index is 12.6. The number of carbonyl (C=O) groups is 2. The molecular weight excluding hydrogens is 684 g/mol. The minimum atomic E-state index is -0.607. The fraction of sp³-hybridized carbons (Fsp3) is 0.400. The molecule has 3 aromatic carbocycles. The van der Waals surface area contributed by atoms with Crippen LogP contribution in [0.2, 0.25) is 0 Å². The predicted molar refractivity (Wildman–Crippen MR) is 201 cm³/mol. The number of aliphatic imine (C=N–C) groups is 1. The van der Waals surface area contributed by atoms with Gasteiger partial charge in [-0.3, -0.25) is 15.4 Å². The Morgan fingerprint density at radius 2 is 1.32 bits per heavy atom. The van der Waals surface area contributed by atoms with E-state index in [-0.39, 0.29) is 18.4 Å². The topological polar surface area (TPSA) is 234 Å². The first-order valence-electron chi connectivity index (χ1n) is 17.3. The summed E-state index contributed by atoms with van der Waals surface area (Å²) < 4.78 is 22.0.